The molecule has 0 bridgehead atoms. The molecule has 0 aliphatic carbocycles. The van der Waals surface area contributed by atoms with E-state index in [4.69, 9.17) is 4.74 Å². The van der Waals surface area contributed by atoms with Gasteiger partial charge in [0.1, 0.15) is 12.4 Å². The van der Waals surface area contributed by atoms with Crippen molar-refractivity contribution in [3.8, 4) is 0 Å². The van der Waals surface area contributed by atoms with Gasteiger partial charge in [0.15, 0.2) is 0 Å². The summed E-state index contributed by atoms with van der Waals surface area (Å²) in [5, 5.41) is 5.86. The number of pyridine rings is 1. The number of carbonyl (C=O) groups excluding carboxylic acids is 1. The Kier molecular flexibility index (Phi) is 4.40. The molecule has 0 saturated carbocycles. The van der Waals surface area contributed by atoms with Gasteiger partial charge in [-0.3, -0.25) is 4.79 Å². The molecular weight excluding hydrogens is 194 g/mol. The number of hydrogen-bond acceptors (Lipinski definition) is 5. The molecule has 0 atom stereocenters. The van der Waals surface area contributed by atoms with Gasteiger partial charge < -0.3 is 15.4 Å². The summed E-state index contributed by atoms with van der Waals surface area (Å²) in [6.45, 7) is 2.35. The molecule has 1 heterocycles. The zero-order valence-electron chi connectivity index (χ0n) is 8.91. The molecule has 0 aliphatic heterocycles. The number of anilines is 2. The third kappa shape index (κ3) is 3.84. The van der Waals surface area contributed by atoms with E-state index in [2.05, 4.69) is 15.6 Å². The lowest BCUT2D eigenvalue weighted by Crippen LogP contribution is -2.16. The summed E-state index contributed by atoms with van der Waals surface area (Å²) in [7, 11) is 1.79. The fourth-order valence-electron chi connectivity index (χ4n) is 1.06. The molecule has 0 aromatic carbocycles. The van der Waals surface area contributed by atoms with Gasteiger partial charge in [-0.05, 0) is 13.0 Å². The summed E-state index contributed by atoms with van der Waals surface area (Å²) in [6.07, 6.45) is 1.67. The number of ether oxygens (including phenoxy) is 1. The number of hydrogen-bond donors (Lipinski definition) is 2. The molecule has 0 spiro atoms. The van der Waals surface area contributed by atoms with Gasteiger partial charge in [0.05, 0.1) is 6.61 Å². The lowest BCUT2D eigenvalue weighted by Gasteiger charge is -2.06. The molecule has 0 amide bonds. The van der Waals surface area contributed by atoms with Crippen molar-refractivity contribution in [2.45, 2.75) is 6.92 Å². The largest absolute Gasteiger partial charge is 0.465 e. The number of carbonyl (C=O) groups is 1. The second-order valence-electron chi connectivity index (χ2n) is 2.84. The molecule has 0 radical (unpaired) electrons. The summed E-state index contributed by atoms with van der Waals surface area (Å²) in [4.78, 5) is 15.1. The molecule has 15 heavy (non-hydrogen) atoms. The molecule has 5 nitrogen and oxygen atoms in total. The first-order chi connectivity index (χ1) is 7.26. The Balaban J connectivity index is 2.46. The fourth-order valence-corrected chi connectivity index (χ4v) is 1.06. The summed E-state index contributed by atoms with van der Waals surface area (Å²) < 4.78 is 4.79. The highest BCUT2D eigenvalue weighted by Crippen LogP contribution is 2.10. The van der Waals surface area contributed by atoms with Crippen LogP contribution in [0, 0.1) is 0 Å². The molecule has 1 rings (SSSR count). The van der Waals surface area contributed by atoms with Gasteiger partial charge in [0.2, 0.25) is 0 Å². The third-order valence-electron chi connectivity index (χ3n) is 1.76. The molecule has 0 saturated heterocycles. The molecular formula is C10H15N3O2. The highest BCUT2D eigenvalue weighted by molar-refractivity contribution is 5.75. The van der Waals surface area contributed by atoms with Gasteiger partial charge in [-0.25, -0.2) is 4.98 Å². The quantitative estimate of drug-likeness (QED) is 0.711. The first kappa shape index (κ1) is 11.3. The van der Waals surface area contributed by atoms with E-state index in [0.29, 0.717) is 6.61 Å². The van der Waals surface area contributed by atoms with Crippen molar-refractivity contribution >= 4 is 17.5 Å². The average Bonchev–Trinajstić information content (AvgIpc) is 2.27. The first-order valence-corrected chi connectivity index (χ1v) is 4.79. The highest BCUT2D eigenvalue weighted by Gasteiger charge is 2.01. The number of nitrogens with one attached hydrogen (secondary N) is 2. The Bertz CT molecular complexity index is 328. The lowest BCUT2D eigenvalue weighted by atomic mass is 10.4. The van der Waals surface area contributed by atoms with Crippen LogP contribution in [0.2, 0.25) is 0 Å². The van der Waals surface area contributed by atoms with Crippen LogP contribution in [0.5, 0.6) is 0 Å². The second-order valence-corrected chi connectivity index (χ2v) is 2.84. The van der Waals surface area contributed by atoms with Gasteiger partial charge in [-0.1, -0.05) is 0 Å². The summed E-state index contributed by atoms with van der Waals surface area (Å²) >= 11 is 0. The molecule has 1 aromatic heterocycles. The predicted octanol–water partition coefficient (Wildman–Crippen LogP) is 1.10. The van der Waals surface area contributed by atoms with E-state index in [9.17, 15) is 4.79 Å². The second kappa shape index (κ2) is 5.85. The molecule has 0 fully saturated rings. The smallest absolute Gasteiger partial charge is 0.325 e. The van der Waals surface area contributed by atoms with Crippen LogP contribution in [-0.4, -0.2) is 31.2 Å². The van der Waals surface area contributed by atoms with Crippen LogP contribution < -0.4 is 10.6 Å². The van der Waals surface area contributed by atoms with Crippen LogP contribution >= 0.6 is 0 Å². The zero-order chi connectivity index (χ0) is 11.1. The normalized spacial score (nSPS) is 9.47. The van der Waals surface area contributed by atoms with E-state index < -0.39 is 0 Å². The van der Waals surface area contributed by atoms with E-state index in [-0.39, 0.29) is 12.5 Å². The van der Waals surface area contributed by atoms with Crippen molar-refractivity contribution in [2.75, 3.05) is 30.8 Å². The van der Waals surface area contributed by atoms with E-state index >= 15 is 0 Å². The van der Waals surface area contributed by atoms with Gasteiger partial charge in [0, 0.05) is 25.0 Å². The molecule has 2 N–H and O–H groups in total. The average molecular weight is 209 g/mol. The molecule has 0 aliphatic rings. The molecule has 82 valence electrons. The Hall–Kier alpha value is -1.78. The number of esters is 1. The van der Waals surface area contributed by atoms with Crippen LogP contribution in [0.3, 0.4) is 0 Å². The third-order valence-corrected chi connectivity index (χ3v) is 1.76. The minimum absolute atomic E-state index is 0.168. The fraction of sp³-hybridized carbons (Fsp3) is 0.400. The number of rotatable bonds is 5. The Morgan fingerprint density at radius 3 is 3.07 bits per heavy atom. The standard InChI is InChI=1S/C10H15N3O2/c1-3-15-10(14)7-13-8-4-5-12-9(6-8)11-2/h4-6H,3,7H2,1-2H3,(H2,11,12,13). The maximum Gasteiger partial charge on any atom is 0.325 e. The van der Waals surface area contributed by atoms with Gasteiger partial charge in [-0.2, -0.15) is 0 Å². The first-order valence-electron chi connectivity index (χ1n) is 4.79. The van der Waals surface area contributed by atoms with E-state index in [1.807, 2.05) is 6.07 Å². The highest BCUT2D eigenvalue weighted by atomic mass is 16.5. The minimum Gasteiger partial charge on any atom is -0.465 e. The summed E-state index contributed by atoms with van der Waals surface area (Å²) in [6, 6.07) is 3.61. The molecule has 0 unspecified atom stereocenters. The van der Waals surface area contributed by atoms with Crippen LogP contribution in [0.4, 0.5) is 11.5 Å². The minimum atomic E-state index is -0.264. The Morgan fingerprint density at radius 1 is 1.60 bits per heavy atom. The van der Waals surface area contributed by atoms with Crippen LogP contribution in [-0.2, 0) is 9.53 Å². The SMILES string of the molecule is CCOC(=O)CNc1ccnc(NC)c1. The van der Waals surface area contributed by atoms with E-state index in [1.54, 1.807) is 26.2 Å². The topological polar surface area (TPSA) is 63.2 Å². The van der Waals surface area contributed by atoms with Crippen molar-refractivity contribution in [1.82, 2.24) is 4.98 Å². The van der Waals surface area contributed by atoms with Crippen molar-refractivity contribution in [3.05, 3.63) is 18.3 Å². The summed E-state index contributed by atoms with van der Waals surface area (Å²) in [5.74, 6) is 0.490. The maximum atomic E-state index is 11.1. The monoisotopic (exact) mass is 209 g/mol. The van der Waals surface area contributed by atoms with Crippen molar-refractivity contribution < 1.29 is 9.53 Å². The van der Waals surface area contributed by atoms with Gasteiger partial charge in [0.25, 0.3) is 0 Å². The molecule has 1 aromatic rings. The van der Waals surface area contributed by atoms with Crippen LogP contribution in [0.25, 0.3) is 0 Å². The van der Waals surface area contributed by atoms with Crippen LogP contribution in [0.15, 0.2) is 18.3 Å². The molecule has 5 heteroatoms. The van der Waals surface area contributed by atoms with Gasteiger partial charge in [-0.15, -0.1) is 0 Å². The van der Waals surface area contributed by atoms with E-state index in [1.165, 1.54) is 0 Å². The van der Waals surface area contributed by atoms with Crippen molar-refractivity contribution in [2.24, 2.45) is 0 Å². The van der Waals surface area contributed by atoms with Crippen molar-refractivity contribution in [1.29, 1.82) is 0 Å². The van der Waals surface area contributed by atoms with E-state index in [0.717, 1.165) is 11.5 Å². The Morgan fingerprint density at radius 2 is 2.40 bits per heavy atom. The maximum absolute atomic E-state index is 11.1. The number of nitrogens with zero attached hydrogens (tertiary/aromatic N) is 1. The Labute approximate surface area is 88.9 Å². The number of aromatic nitrogens is 1. The predicted molar refractivity (Wildman–Crippen MR) is 58.9 cm³/mol. The summed E-state index contributed by atoms with van der Waals surface area (Å²) in [5.41, 5.74) is 0.836. The van der Waals surface area contributed by atoms with Gasteiger partial charge >= 0.3 is 5.97 Å². The lowest BCUT2D eigenvalue weighted by molar-refractivity contribution is -0.140. The van der Waals surface area contributed by atoms with Crippen molar-refractivity contribution in [3.63, 3.8) is 0 Å². The zero-order valence-corrected chi connectivity index (χ0v) is 8.91. The van der Waals surface area contributed by atoms with Crippen LogP contribution in [0.1, 0.15) is 6.92 Å².